The number of Topliss-reactive ketones (excluding diaryl/α,β-unsaturated/α-hetero) is 1. The van der Waals surface area contributed by atoms with Gasteiger partial charge in [-0.15, -0.1) is 0 Å². The molecular formula is C14H15FN2O2. The highest BCUT2D eigenvalue weighted by Crippen LogP contribution is 2.26. The molecule has 0 aliphatic carbocycles. The van der Waals surface area contributed by atoms with Crippen LogP contribution in [-0.2, 0) is 11.2 Å². The van der Waals surface area contributed by atoms with Crippen LogP contribution >= 0.6 is 0 Å². The van der Waals surface area contributed by atoms with Crippen LogP contribution in [0.1, 0.15) is 18.4 Å². The normalized spacial score (nSPS) is 10.5. The first-order valence-electron chi connectivity index (χ1n) is 5.90. The summed E-state index contributed by atoms with van der Waals surface area (Å²) in [6, 6.07) is 4.67. The van der Waals surface area contributed by atoms with Crippen LogP contribution in [0.5, 0.6) is 5.75 Å². The molecule has 100 valence electrons. The molecule has 1 heterocycles. The minimum absolute atomic E-state index is 0.0289. The Hall–Kier alpha value is -2.17. The molecule has 19 heavy (non-hydrogen) atoms. The zero-order valence-electron chi connectivity index (χ0n) is 11.1. The van der Waals surface area contributed by atoms with Gasteiger partial charge < -0.3 is 9.72 Å². The Morgan fingerprint density at radius 2 is 2.21 bits per heavy atom. The Morgan fingerprint density at radius 3 is 2.79 bits per heavy atom. The second-order valence-corrected chi connectivity index (χ2v) is 4.39. The van der Waals surface area contributed by atoms with Gasteiger partial charge in [-0.05, 0) is 32.0 Å². The Bertz CT molecular complexity index is 620. The summed E-state index contributed by atoms with van der Waals surface area (Å²) >= 11 is 0. The summed E-state index contributed by atoms with van der Waals surface area (Å²) in [6.07, 6.45) is 0.249. The van der Waals surface area contributed by atoms with Crippen molar-refractivity contribution in [2.24, 2.45) is 0 Å². The number of nitrogens with one attached hydrogen (secondary N) is 1. The fraction of sp³-hybridized carbons (Fsp3) is 0.286. The highest BCUT2D eigenvalue weighted by molar-refractivity contribution is 5.77. The number of benzene rings is 1. The second-order valence-electron chi connectivity index (χ2n) is 4.39. The van der Waals surface area contributed by atoms with Crippen LogP contribution in [0.3, 0.4) is 0 Å². The SMILES string of the molecule is COc1ccc(-c2nc(CC(C)=O)[nH]c2C)cc1F. The lowest BCUT2D eigenvalue weighted by Gasteiger charge is -2.03. The van der Waals surface area contributed by atoms with Crippen LogP contribution in [0.2, 0.25) is 0 Å². The van der Waals surface area contributed by atoms with E-state index in [1.54, 1.807) is 12.1 Å². The number of hydrogen-bond acceptors (Lipinski definition) is 3. The average molecular weight is 262 g/mol. The summed E-state index contributed by atoms with van der Waals surface area (Å²) in [7, 11) is 1.42. The van der Waals surface area contributed by atoms with Gasteiger partial charge in [0.2, 0.25) is 0 Å². The van der Waals surface area contributed by atoms with Gasteiger partial charge in [-0.3, -0.25) is 4.79 Å². The van der Waals surface area contributed by atoms with Crippen LogP contribution in [0.15, 0.2) is 18.2 Å². The zero-order valence-corrected chi connectivity index (χ0v) is 11.1. The van der Waals surface area contributed by atoms with Crippen molar-refractivity contribution in [2.75, 3.05) is 7.11 Å². The van der Waals surface area contributed by atoms with Crippen molar-refractivity contribution in [1.29, 1.82) is 0 Å². The molecule has 0 bridgehead atoms. The van der Waals surface area contributed by atoms with E-state index in [0.717, 1.165) is 5.69 Å². The van der Waals surface area contributed by atoms with Crippen molar-refractivity contribution < 1.29 is 13.9 Å². The van der Waals surface area contributed by atoms with E-state index < -0.39 is 5.82 Å². The second kappa shape index (κ2) is 5.22. The first-order chi connectivity index (χ1) is 9.01. The number of nitrogens with zero attached hydrogens (tertiary/aromatic N) is 1. The average Bonchev–Trinajstić information content (AvgIpc) is 2.69. The summed E-state index contributed by atoms with van der Waals surface area (Å²) in [5.41, 5.74) is 2.11. The molecule has 0 aliphatic heterocycles. The van der Waals surface area contributed by atoms with E-state index in [1.807, 2.05) is 6.92 Å². The molecule has 2 rings (SSSR count). The maximum atomic E-state index is 13.7. The van der Waals surface area contributed by atoms with E-state index in [-0.39, 0.29) is 18.0 Å². The summed E-state index contributed by atoms with van der Waals surface area (Å²) < 4.78 is 18.5. The first kappa shape index (κ1) is 13.3. The predicted octanol–water partition coefficient (Wildman–Crippen LogP) is 2.66. The molecule has 0 saturated carbocycles. The van der Waals surface area contributed by atoms with Crippen LogP contribution in [0, 0.1) is 12.7 Å². The molecular weight excluding hydrogens is 247 g/mol. The standard InChI is InChI=1S/C14H15FN2O2/c1-8(18)6-13-16-9(2)14(17-13)10-4-5-12(19-3)11(15)7-10/h4-5,7H,6H2,1-3H3,(H,16,17). The lowest BCUT2D eigenvalue weighted by Crippen LogP contribution is -1.98. The number of carbonyl (C=O) groups is 1. The molecule has 1 N–H and O–H groups in total. The molecule has 1 aromatic carbocycles. The summed E-state index contributed by atoms with van der Waals surface area (Å²) in [5.74, 6) is 0.383. The van der Waals surface area contributed by atoms with Crippen molar-refractivity contribution in [2.45, 2.75) is 20.3 Å². The minimum Gasteiger partial charge on any atom is -0.494 e. The van der Waals surface area contributed by atoms with Gasteiger partial charge in [-0.1, -0.05) is 0 Å². The number of aryl methyl sites for hydroxylation is 1. The Kier molecular flexibility index (Phi) is 3.64. The van der Waals surface area contributed by atoms with E-state index in [4.69, 9.17) is 4.74 Å². The maximum absolute atomic E-state index is 13.7. The van der Waals surface area contributed by atoms with Gasteiger partial charge in [0.1, 0.15) is 11.6 Å². The third-order valence-corrected chi connectivity index (χ3v) is 2.78. The number of aromatic nitrogens is 2. The number of hydrogen-bond donors (Lipinski definition) is 1. The molecule has 0 unspecified atom stereocenters. The van der Waals surface area contributed by atoms with Crippen molar-refractivity contribution in [1.82, 2.24) is 9.97 Å². The highest BCUT2D eigenvalue weighted by atomic mass is 19.1. The van der Waals surface area contributed by atoms with Crippen LogP contribution in [0.4, 0.5) is 4.39 Å². The summed E-state index contributed by atoms with van der Waals surface area (Å²) in [6.45, 7) is 3.35. The van der Waals surface area contributed by atoms with Gasteiger partial charge in [0.15, 0.2) is 11.6 Å². The smallest absolute Gasteiger partial charge is 0.165 e. The number of halogens is 1. The predicted molar refractivity (Wildman–Crippen MR) is 69.7 cm³/mol. The first-order valence-corrected chi connectivity index (χ1v) is 5.90. The van der Waals surface area contributed by atoms with Gasteiger partial charge in [0.25, 0.3) is 0 Å². The van der Waals surface area contributed by atoms with Crippen LogP contribution in [-0.4, -0.2) is 22.9 Å². The number of aromatic amines is 1. The molecule has 1 aromatic heterocycles. The minimum atomic E-state index is -0.435. The Morgan fingerprint density at radius 1 is 1.47 bits per heavy atom. The molecule has 0 radical (unpaired) electrons. The van der Waals surface area contributed by atoms with E-state index in [9.17, 15) is 9.18 Å². The number of carbonyl (C=O) groups excluding carboxylic acids is 1. The molecule has 4 nitrogen and oxygen atoms in total. The van der Waals surface area contributed by atoms with Gasteiger partial charge in [0.05, 0.1) is 19.2 Å². The van der Waals surface area contributed by atoms with Crippen LogP contribution in [0.25, 0.3) is 11.3 Å². The van der Waals surface area contributed by atoms with Gasteiger partial charge in [-0.2, -0.15) is 0 Å². The number of H-pyrrole nitrogens is 1. The van der Waals surface area contributed by atoms with Crippen molar-refractivity contribution in [3.8, 4) is 17.0 Å². The van der Waals surface area contributed by atoms with Crippen molar-refractivity contribution >= 4 is 5.78 Å². The number of ketones is 1. The summed E-state index contributed by atoms with van der Waals surface area (Å²) in [5, 5.41) is 0. The van der Waals surface area contributed by atoms with E-state index in [0.29, 0.717) is 17.1 Å². The molecule has 0 saturated heterocycles. The third kappa shape index (κ3) is 2.81. The Balaban J connectivity index is 2.38. The van der Waals surface area contributed by atoms with E-state index in [1.165, 1.54) is 20.1 Å². The topological polar surface area (TPSA) is 55.0 Å². The van der Waals surface area contributed by atoms with E-state index in [2.05, 4.69) is 9.97 Å². The highest BCUT2D eigenvalue weighted by Gasteiger charge is 2.12. The van der Waals surface area contributed by atoms with E-state index >= 15 is 0 Å². The summed E-state index contributed by atoms with van der Waals surface area (Å²) in [4.78, 5) is 18.4. The lowest BCUT2D eigenvalue weighted by atomic mass is 10.1. The monoisotopic (exact) mass is 262 g/mol. The largest absolute Gasteiger partial charge is 0.494 e. The fourth-order valence-electron chi connectivity index (χ4n) is 1.94. The van der Waals surface area contributed by atoms with Crippen LogP contribution < -0.4 is 4.74 Å². The van der Waals surface area contributed by atoms with Gasteiger partial charge in [-0.25, -0.2) is 9.37 Å². The zero-order chi connectivity index (χ0) is 14.0. The molecule has 0 fully saturated rings. The lowest BCUT2D eigenvalue weighted by molar-refractivity contribution is -0.116. The van der Waals surface area contributed by atoms with Gasteiger partial charge >= 0.3 is 0 Å². The molecule has 5 heteroatoms. The number of rotatable bonds is 4. The van der Waals surface area contributed by atoms with Gasteiger partial charge in [0, 0.05) is 11.3 Å². The van der Waals surface area contributed by atoms with Crippen molar-refractivity contribution in [3.05, 3.63) is 35.5 Å². The molecule has 0 atom stereocenters. The molecule has 0 aliphatic rings. The molecule has 0 spiro atoms. The third-order valence-electron chi connectivity index (χ3n) is 2.78. The molecule has 2 aromatic rings. The fourth-order valence-corrected chi connectivity index (χ4v) is 1.94. The number of methoxy groups -OCH3 is 1. The number of ether oxygens (including phenoxy) is 1. The molecule has 0 amide bonds. The van der Waals surface area contributed by atoms with Crippen molar-refractivity contribution in [3.63, 3.8) is 0 Å². The maximum Gasteiger partial charge on any atom is 0.165 e. The quantitative estimate of drug-likeness (QED) is 0.921. The Labute approximate surface area is 110 Å². The number of imidazole rings is 1.